The zero-order chi connectivity index (χ0) is 18.5. The number of amides is 2. The van der Waals surface area contributed by atoms with E-state index in [0.29, 0.717) is 11.1 Å². The Hall–Kier alpha value is -3.60. The van der Waals surface area contributed by atoms with Gasteiger partial charge in [0.1, 0.15) is 0 Å². The molecular weight excluding hydrogens is 314 g/mol. The summed E-state index contributed by atoms with van der Waals surface area (Å²) >= 11 is 0. The van der Waals surface area contributed by atoms with Crippen LogP contribution in [0.3, 0.4) is 0 Å². The van der Waals surface area contributed by atoms with Crippen LogP contribution in [0, 0.1) is 0 Å². The van der Waals surface area contributed by atoms with Gasteiger partial charge in [-0.25, -0.2) is 0 Å². The molecule has 0 aromatic heterocycles. The molecule has 0 aliphatic heterocycles. The predicted molar refractivity (Wildman–Crippen MR) is 101 cm³/mol. The molecule has 2 amide bonds. The van der Waals surface area contributed by atoms with Gasteiger partial charge in [-0.1, -0.05) is 54.6 Å². The SMILES string of the molecule is NC(=O)c1ccccc1.NC(=O)c1ccccc1.Nc1ccccc1. The Bertz CT molecular complexity index is 711. The van der Waals surface area contributed by atoms with Crippen molar-refractivity contribution >= 4 is 17.5 Å². The van der Waals surface area contributed by atoms with E-state index in [0.717, 1.165) is 5.69 Å². The molecule has 5 heteroatoms. The van der Waals surface area contributed by atoms with Crippen molar-refractivity contribution < 1.29 is 9.59 Å². The fraction of sp³-hybridized carbons (Fsp3) is 0. The number of nitrogen functional groups attached to an aromatic ring is 1. The standard InChI is InChI=1S/2C7H7NO.C6H7N/c2*8-7(9)6-4-2-1-3-5-6;7-6-4-2-1-3-5-6/h2*1-5H,(H2,8,9);1-5H,7H2. The second-order valence-electron chi connectivity index (χ2n) is 4.87. The minimum atomic E-state index is -0.379. The maximum Gasteiger partial charge on any atom is 0.248 e. The number of carbonyl (C=O) groups is 2. The first kappa shape index (κ1) is 19.4. The molecule has 0 atom stereocenters. The van der Waals surface area contributed by atoms with Gasteiger partial charge >= 0.3 is 0 Å². The third-order valence-electron chi connectivity index (χ3n) is 2.92. The van der Waals surface area contributed by atoms with Gasteiger partial charge in [-0.3, -0.25) is 9.59 Å². The molecule has 5 nitrogen and oxygen atoms in total. The van der Waals surface area contributed by atoms with Crippen molar-refractivity contribution in [2.75, 3.05) is 5.73 Å². The maximum atomic E-state index is 10.4. The van der Waals surface area contributed by atoms with E-state index < -0.39 is 0 Å². The van der Waals surface area contributed by atoms with Crippen LogP contribution in [-0.4, -0.2) is 11.8 Å². The smallest absolute Gasteiger partial charge is 0.248 e. The van der Waals surface area contributed by atoms with Crippen molar-refractivity contribution in [3.8, 4) is 0 Å². The topological polar surface area (TPSA) is 112 Å². The second-order valence-corrected chi connectivity index (χ2v) is 4.87. The van der Waals surface area contributed by atoms with Crippen molar-refractivity contribution in [3.05, 3.63) is 102 Å². The van der Waals surface area contributed by atoms with E-state index in [1.807, 2.05) is 42.5 Å². The Morgan fingerprint density at radius 3 is 0.960 bits per heavy atom. The third-order valence-corrected chi connectivity index (χ3v) is 2.92. The number of carbonyl (C=O) groups excluding carboxylic acids is 2. The van der Waals surface area contributed by atoms with Crippen LogP contribution in [0.5, 0.6) is 0 Å². The zero-order valence-corrected chi connectivity index (χ0v) is 13.7. The molecule has 0 unspecified atom stereocenters. The number of primary amides is 2. The molecule has 6 N–H and O–H groups in total. The van der Waals surface area contributed by atoms with Crippen LogP contribution < -0.4 is 17.2 Å². The lowest BCUT2D eigenvalue weighted by molar-refractivity contribution is 0.0992. The summed E-state index contributed by atoms with van der Waals surface area (Å²) in [6, 6.07) is 27.0. The Balaban J connectivity index is 0.000000189. The molecule has 0 aliphatic rings. The van der Waals surface area contributed by atoms with Gasteiger partial charge in [0.25, 0.3) is 0 Å². The van der Waals surface area contributed by atoms with Gasteiger partial charge in [0.15, 0.2) is 0 Å². The van der Waals surface area contributed by atoms with Gasteiger partial charge in [0, 0.05) is 16.8 Å². The number of hydrogen-bond donors (Lipinski definition) is 3. The van der Waals surface area contributed by atoms with E-state index in [4.69, 9.17) is 17.2 Å². The summed E-state index contributed by atoms with van der Waals surface area (Å²) in [6.45, 7) is 0. The molecule has 0 bridgehead atoms. The fourth-order valence-electron chi connectivity index (χ4n) is 1.66. The first-order chi connectivity index (χ1) is 12.0. The number of anilines is 1. The van der Waals surface area contributed by atoms with Crippen molar-refractivity contribution in [3.63, 3.8) is 0 Å². The lowest BCUT2D eigenvalue weighted by Gasteiger charge is -1.89. The number of hydrogen-bond acceptors (Lipinski definition) is 3. The first-order valence-electron chi connectivity index (χ1n) is 7.51. The van der Waals surface area contributed by atoms with Crippen LogP contribution in [0.25, 0.3) is 0 Å². The highest BCUT2D eigenvalue weighted by Crippen LogP contribution is 1.96. The lowest BCUT2D eigenvalue weighted by Crippen LogP contribution is -2.09. The molecule has 0 saturated heterocycles. The van der Waals surface area contributed by atoms with Crippen LogP contribution in [0.15, 0.2) is 91.0 Å². The van der Waals surface area contributed by atoms with Gasteiger partial charge in [-0.05, 0) is 36.4 Å². The quantitative estimate of drug-likeness (QED) is 0.626. The van der Waals surface area contributed by atoms with E-state index >= 15 is 0 Å². The van der Waals surface area contributed by atoms with Gasteiger partial charge in [-0.15, -0.1) is 0 Å². The number of nitrogens with two attached hydrogens (primary N) is 3. The summed E-state index contributed by atoms with van der Waals surface area (Å²) in [7, 11) is 0. The van der Waals surface area contributed by atoms with Crippen LogP contribution in [0.1, 0.15) is 20.7 Å². The first-order valence-corrected chi connectivity index (χ1v) is 7.51. The molecule has 3 rings (SSSR count). The monoisotopic (exact) mass is 335 g/mol. The van der Waals surface area contributed by atoms with Crippen molar-refractivity contribution in [1.29, 1.82) is 0 Å². The summed E-state index contributed by atoms with van der Waals surface area (Å²) in [6.07, 6.45) is 0. The van der Waals surface area contributed by atoms with Crippen molar-refractivity contribution in [1.82, 2.24) is 0 Å². The molecular formula is C20H21N3O2. The van der Waals surface area contributed by atoms with E-state index in [-0.39, 0.29) is 11.8 Å². The molecule has 3 aromatic rings. The number of para-hydroxylation sites is 1. The molecule has 0 aliphatic carbocycles. The van der Waals surface area contributed by atoms with Gasteiger partial charge in [-0.2, -0.15) is 0 Å². The number of benzene rings is 3. The second kappa shape index (κ2) is 11.0. The minimum Gasteiger partial charge on any atom is -0.399 e. The maximum absolute atomic E-state index is 10.4. The fourth-order valence-corrected chi connectivity index (χ4v) is 1.66. The Morgan fingerprint density at radius 1 is 0.520 bits per heavy atom. The summed E-state index contributed by atoms with van der Waals surface area (Å²) in [5.41, 5.74) is 17.2. The van der Waals surface area contributed by atoms with Crippen molar-refractivity contribution in [2.24, 2.45) is 11.5 Å². The molecule has 0 saturated carbocycles. The van der Waals surface area contributed by atoms with Gasteiger partial charge < -0.3 is 17.2 Å². The van der Waals surface area contributed by atoms with E-state index in [1.165, 1.54) is 0 Å². The van der Waals surface area contributed by atoms with Crippen LogP contribution in [-0.2, 0) is 0 Å². The van der Waals surface area contributed by atoms with E-state index in [1.54, 1.807) is 48.5 Å². The summed E-state index contributed by atoms with van der Waals surface area (Å²) in [5, 5.41) is 0. The minimum absolute atomic E-state index is 0.379. The molecule has 0 heterocycles. The normalized spacial score (nSPS) is 8.80. The van der Waals surface area contributed by atoms with Crippen molar-refractivity contribution in [2.45, 2.75) is 0 Å². The highest BCUT2D eigenvalue weighted by Gasteiger charge is 1.94. The average Bonchev–Trinajstić information content (AvgIpc) is 2.65. The molecule has 128 valence electrons. The largest absolute Gasteiger partial charge is 0.399 e. The Morgan fingerprint density at radius 2 is 0.800 bits per heavy atom. The summed E-state index contributed by atoms with van der Waals surface area (Å²) < 4.78 is 0. The summed E-state index contributed by atoms with van der Waals surface area (Å²) in [5.74, 6) is -0.758. The van der Waals surface area contributed by atoms with Crippen LogP contribution in [0.2, 0.25) is 0 Å². The van der Waals surface area contributed by atoms with E-state index in [9.17, 15) is 9.59 Å². The Labute approximate surface area is 147 Å². The van der Waals surface area contributed by atoms with Crippen LogP contribution >= 0.6 is 0 Å². The molecule has 25 heavy (non-hydrogen) atoms. The molecule has 0 spiro atoms. The third kappa shape index (κ3) is 8.56. The molecule has 3 aromatic carbocycles. The van der Waals surface area contributed by atoms with Gasteiger partial charge in [0.2, 0.25) is 11.8 Å². The number of rotatable bonds is 2. The van der Waals surface area contributed by atoms with Gasteiger partial charge in [0.05, 0.1) is 0 Å². The highest BCUT2D eigenvalue weighted by atomic mass is 16.1. The summed E-state index contributed by atoms with van der Waals surface area (Å²) in [4.78, 5) is 20.8. The predicted octanol–water partition coefficient (Wildman–Crippen LogP) is 2.84. The average molecular weight is 335 g/mol. The zero-order valence-electron chi connectivity index (χ0n) is 13.7. The van der Waals surface area contributed by atoms with E-state index in [2.05, 4.69) is 0 Å². The highest BCUT2D eigenvalue weighted by molar-refractivity contribution is 5.93. The lowest BCUT2D eigenvalue weighted by atomic mass is 10.2. The Kier molecular flexibility index (Phi) is 8.57. The molecule has 0 radical (unpaired) electrons. The molecule has 0 fully saturated rings. The van der Waals surface area contributed by atoms with Crippen LogP contribution in [0.4, 0.5) is 5.69 Å².